The Hall–Kier alpha value is -2.38. The van der Waals surface area contributed by atoms with Crippen molar-refractivity contribution in [3.05, 3.63) is 95.5 Å². The summed E-state index contributed by atoms with van der Waals surface area (Å²) in [4.78, 5) is 0. The first kappa shape index (κ1) is 14.2. The standard InChI is InChI=1S/C22H15Br/c23-21-13-7-12-20-19(21)15-14-18(16-8-3-1-4-9-16)22(20)17-10-5-2-6-11-17/h1-15H. The molecule has 0 aliphatic heterocycles. The van der Waals surface area contributed by atoms with Gasteiger partial charge in [-0.1, -0.05) is 101 Å². The van der Waals surface area contributed by atoms with E-state index in [1.165, 1.54) is 33.0 Å². The summed E-state index contributed by atoms with van der Waals surface area (Å²) in [5.74, 6) is 0. The van der Waals surface area contributed by atoms with Gasteiger partial charge >= 0.3 is 0 Å². The van der Waals surface area contributed by atoms with E-state index in [0.717, 1.165) is 4.47 Å². The van der Waals surface area contributed by atoms with E-state index in [9.17, 15) is 0 Å². The zero-order valence-corrected chi connectivity index (χ0v) is 14.1. The molecule has 23 heavy (non-hydrogen) atoms. The van der Waals surface area contributed by atoms with Gasteiger partial charge in [-0.3, -0.25) is 0 Å². The molecule has 0 unspecified atom stereocenters. The average molecular weight is 359 g/mol. The van der Waals surface area contributed by atoms with Gasteiger partial charge in [0, 0.05) is 4.47 Å². The van der Waals surface area contributed by atoms with E-state index in [-0.39, 0.29) is 0 Å². The molecule has 0 radical (unpaired) electrons. The number of benzene rings is 4. The molecule has 0 heterocycles. The Morgan fingerprint density at radius 1 is 0.478 bits per heavy atom. The van der Waals surface area contributed by atoms with Crippen molar-refractivity contribution in [3.8, 4) is 22.3 Å². The van der Waals surface area contributed by atoms with Crippen LogP contribution in [0.2, 0.25) is 0 Å². The van der Waals surface area contributed by atoms with Crippen molar-refractivity contribution in [2.75, 3.05) is 0 Å². The lowest BCUT2D eigenvalue weighted by molar-refractivity contribution is 1.60. The van der Waals surface area contributed by atoms with Gasteiger partial charge in [0.05, 0.1) is 0 Å². The van der Waals surface area contributed by atoms with Crippen LogP contribution in [-0.2, 0) is 0 Å². The zero-order valence-electron chi connectivity index (χ0n) is 12.5. The first-order chi connectivity index (χ1) is 11.3. The Morgan fingerprint density at radius 2 is 1.13 bits per heavy atom. The second kappa shape index (κ2) is 6.02. The van der Waals surface area contributed by atoms with Gasteiger partial charge in [-0.25, -0.2) is 0 Å². The highest BCUT2D eigenvalue weighted by atomic mass is 79.9. The number of halogens is 1. The van der Waals surface area contributed by atoms with Crippen LogP contribution in [0.4, 0.5) is 0 Å². The van der Waals surface area contributed by atoms with Crippen LogP contribution in [0.3, 0.4) is 0 Å². The van der Waals surface area contributed by atoms with Gasteiger partial charge in [0.15, 0.2) is 0 Å². The van der Waals surface area contributed by atoms with Crippen molar-refractivity contribution in [2.24, 2.45) is 0 Å². The summed E-state index contributed by atoms with van der Waals surface area (Å²) in [5, 5.41) is 2.51. The Labute approximate surface area is 144 Å². The molecule has 0 atom stereocenters. The molecular weight excluding hydrogens is 344 g/mol. The molecule has 110 valence electrons. The fourth-order valence-electron chi connectivity index (χ4n) is 3.09. The fourth-order valence-corrected chi connectivity index (χ4v) is 3.59. The first-order valence-corrected chi connectivity index (χ1v) is 8.46. The fraction of sp³-hybridized carbons (Fsp3) is 0. The average Bonchev–Trinajstić information content (AvgIpc) is 2.62. The molecule has 0 fully saturated rings. The molecule has 0 N–H and O–H groups in total. The second-order valence-electron chi connectivity index (χ2n) is 5.56. The lowest BCUT2D eigenvalue weighted by Gasteiger charge is -2.15. The van der Waals surface area contributed by atoms with Crippen LogP contribution in [0.5, 0.6) is 0 Å². The van der Waals surface area contributed by atoms with Crippen LogP contribution in [0.1, 0.15) is 0 Å². The zero-order chi connectivity index (χ0) is 15.6. The summed E-state index contributed by atoms with van der Waals surface area (Å²) in [5.41, 5.74) is 5.04. The van der Waals surface area contributed by atoms with Gasteiger partial charge < -0.3 is 0 Å². The van der Waals surface area contributed by atoms with E-state index >= 15 is 0 Å². The number of fused-ring (bicyclic) bond motifs is 1. The number of hydrogen-bond donors (Lipinski definition) is 0. The molecule has 4 aromatic rings. The Bertz CT molecular complexity index is 957. The molecule has 0 saturated carbocycles. The van der Waals surface area contributed by atoms with Crippen LogP contribution >= 0.6 is 15.9 Å². The van der Waals surface area contributed by atoms with Crippen LogP contribution < -0.4 is 0 Å². The SMILES string of the molecule is Brc1cccc2c(-c3ccccc3)c(-c3ccccc3)ccc12. The van der Waals surface area contributed by atoms with Crippen LogP contribution in [0.25, 0.3) is 33.0 Å². The summed E-state index contributed by atoms with van der Waals surface area (Å²) in [6.45, 7) is 0. The Balaban J connectivity index is 2.12. The number of rotatable bonds is 2. The van der Waals surface area contributed by atoms with Gasteiger partial charge in [-0.2, -0.15) is 0 Å². The van der Waals surface area contributed by atoms with Crippen LogP contribution in [0, 0.1) is 0 Å². The Kier molecular flexibility index (Phi) is 3.72. The summed E-state index contributed by atoms with van der Waals surface area (Å²) in [6, 6.07) is 32.0. The highest BCUT2D eigenvalue weighted by Gasteiger charge is 2.12. The maximum Gasteiger partial charge on any atom is 0.0253 e. The third kappa shape index (κ3) is 2.58. The van der Waals surface area contributed by atoms with Gasteiger partial charge in [0.2, 0.25) is 0 Å². The van der Waals surface area contributed by atoms with Crippen molar-refractivity contribution in [2.45, 2.75) is 0 Å². The summed E-state index contributed by atoms with van der Waals surface area (Å²) in [7, 11) is 0. The van der Waals surface area contributed by atoms with Crippen molar-refractivity contribution in [1.29, 1.82) is 0 Å². The molecule has 0 amide bonds. The third-order valence-electron chi connectivity index (χ3n) is 4.16. The van der Waals surface area contributed by atoms with E-state index in [1.807, 2.05) is 0 Å². The topological polar surface area (TPSA) is 0 Å². The number of hydrogen-bond acceptors (Lipinski definition) is 0. The van der Waals surface area contributed by atoms with E-state index in [1.54, 1.807) is 0 Å². The van der Waals surface area contributed by atoms with Crippen molar-refractivity contribution in [3.63, 3.8) is 0 Å². The highest BCUT2D eigenvalue weighted by molar-refractivity contribution is 9.10. The van der Waals surface area contributed by atoms with E-state index in [2.05, 4.69) is 107 Å². The molecule has 4 rings (SSSR count). The Morgan fingerprint density at radius 3 is 1.83 bits per heavy atom. The highest BCUT2D eigenvalue weighted by Crippen LogP contribution is 2.39. The monoisotopic (exact) mass is 358 g/mol. The minimum Gasteiger partial charge on any atom is -0.0622 e. The second-order valence-corrected chi connectivity index (χ2v) is 6.41. The predicted octanol–water partition coefficient (Wildman–Crippen LogP) is 6.94. The molecule has 0 aliphatic carbocycles. The van der Waals surface area contributed by atoms with Crippen LogP contribution in [0.15, 0.2) is 95.5 Å². The lowest BCUT2D eigenvalue weighted by Crippen LogP contribution is -1.88. The quantitative estimate of drug-likeness (QED) is 0.364. The normalized spacial score (nSPS) is 10.8. The largest absolute Gasteiger partial charge is 0.0622 e. The molecule has 0 nitrogen and oxygen atoms in total. The van der Waals surface area contributed by atoms with E-state index in [4.69, 9.17) is 0 Å². The molecule has 4 aromatic carbocycles. The predicted molar refractivity (Wildman–Crippen MR) is 103 cm³/mol. The smallest absolute Gasteiger partial charge is 0.0253 e. The maximum absolute atomic E-state index is 3.68. The molecule has 0 saturated heterocycles. The lowest BCUT2D eigenvalue weighted by atomic mass is 9.90. The van der Waals surface area contributed by atoms with E-state index in [0.29, 0.717) is 0 Å². The van der Waals surface area contributed by atoms with Gasteiger partial charge in [-0.15, -0.1) is 0 Å². The third-order valence-corrected chi connectivity index (χ3v) is 4.85. The van der Waals surface area contributed by atoms with Crippen molar-refractivity contribution in [1.82, 2.24) is 0 Å². The van der Waals surface area contributed by atoms with Crippen LogP contribution in [-0.4, -0.2) is 0 Å². The summed E-state index contributed by atoms with van der Waals surface area (Å²) < 4.78 is 1.13. The minimum absolute atomic E-state index is 1.13. The first-order valence-electron chi connectivity index (χ1n) is 7.67. The summed E-state index contributed by atoms with van der Waals surface area (Å²) in [6.07, 6.45) is 0. The van der Waals surface area contributed by atoms with E-state index < -0.39 is 0 Å². The van der Waals surface area contributed by atoms with Gasteiger partial charge in [-0.05, 0) is 39.1 Å². The molecule has 0 aromatic heterocycles. The molecular formula is C22H15Br. The van der Waals surface area contributed by atoms with Gasteiger partial charge in [0.25, 0.3) is 0 Å². The minimum atomic E-state index is 1.13. The van der Waals surface area contributed by atoms with Crippen molar-refractivity contribution >= 4 is 26.7 Å². The molecule has 0 aliphatic rings. The molecule has 0 spiro atoms. The molecule has 1 heteroatoms. The molecule has 0 bridgehead atoms. The summed E-state index contributed by atoms with van der Waals surface area (Å²) >= 11 is 3.68. The maximum atomic E-state index is 3.68. The van der Waals surface area contributed by atoms with Crippen molar-refractivity contribution < 1.29 is 0 Å². The van der Waals surface area contributed by atoms with Gasteiger partial charge in [0.1, 0.15) is 0 Å².